The number of carbonyl (C=O) groups excluding carboxylic acids is 1. The van der Waals surface area contributed by atoms with Crippen molar-refractivity contribution >= 4 is 35.8 Å². The summed E-state index contributed by atoms with van der Waals surface area (Å²) < 4.78 is 5.81. The van der Waals surface area contributed by atoms with Crippen molar-refractivity contribution in [1.82, 2.24) is 20.4 Å². The standard InChI is InChI=1S/C24H33N5O2.HI/c1-25-23(30)21-8-6-7-20(19-21)11-12-27-24(26-2)29-15-13-28(14-16-29)17-18-31-22-9-4-3-5-10-22;/h3-10,19H,11-18H2,1-2H3,(H,25,30)(H,26,27);1H. The van der Waals surface area contributed by atoms with Crippen LogP contribution in [0.25, 0.3) is 0 Å². The summed E-state index contributed by atoms with van der Waals surface area (Å²) in [5.74, 6) is 1.80. The maximum atomic E-state index is 11.8. The van der Waals surface area contributed by atoms with Crippen LogP contribution in [-0.4, -0.2) is 81.6 Å². The maximum absolute atomic E-state index is 11.8. The van der Waals surface area contributed by atoms with Gasteiger partial charge in [0.15, 0.2) is 5.96 Å². The molecule has 0 aromatic heterocycles. The number of nitrogens with zero attached hydrogens (tertiary/aromatic N) is 3. The number of amides is 1. The van der Waals surface area contributed by atoms with Gasteiger partial charge in [-0.05, 0) is 36.2 Å². The highest BCUT2D eigenvalue weighted by atomic mass is 127. The Kier molecular flexibility index (Phi) is 11.3. The molecule has 0 atom stereocenters. The number of halogens is 1. The van der Waals surface area contributed by atoms with E-state index in [1.807, 2.05) is 61.6 Å². The molecular weight excluding hydrogens is 517 g/mol. The van der Waals surface area contributed by atoms with E-state index in [1.165, 1.54) is 0 Å². The van der Waals surface area contributed by atoms with E-state index < -0.39 is 0 Å². The zero-order valence-electron chi connectivity index (χ0n) is 18.9. The molecule has 2 aromatic carbocycles. The third-order valence-corrected chi connectivity index (χ3v) is 5.42. The van der Waals surface area contributed by atoms with Crippen LogP contribution in [0.15, 0.2) is 59.6 Å². The van der Waals surface area contributed by atoms with E-state index in [-0.39, 0.29) is 29.9 Å². The van der Waals surface area contributed by atoms with Crippen LogP contribution in [0.3, 0.4) is 0 Å². The van der Waals surface area contributed by atoms with E-state index in [9.17, 15) is 4.79 Å². The SMILES string of the molecule is CN=C(NCCc1cccc(C(=O)NC)c1)N1CCN(CCOc2ccccc2)CC1.I. The number of hydrogen-bond acceptors (Lipinski definition) is 4. The highest BCUT2D eigenvalue weighted by Crippen LogP contribution is 2.09. The molecule has 174 valence electrons. The van der Waals surface area contributed by atoms with Gasteiger partial charge in [0.1, 0.15) is 12.4 Å². The zero-order chi connectivity index (χ0) is 21.9. The van der Waals surface area contributed by atoms with E-state index in [0.717, 1.165) is 63.0 Å². The molecule has 0 saturated carbocycles. The van der Waals surface area contributed by atoms with Crippen LogP contribution in [0.2, 0.25) is 0 Å². The van der Waals surface area contributed by atoms with Gasteiger partial charge in [0, 0.05) is 58.9 Å². The van der Waals surface area contributed by atoms with Crippen LogP contribution in [0.1, 0.15) is 15.9 Å². The van der Waals surface area contributed by atoms with Crippen LogP contribution >= 0.6 is 24.0 Å². The fraction of sp³-hybridized carbons (Fsp3) is 0.417. The summed E-state index contributed by atoms with van der Waals surface area (Å²) >= 11 is 0. The van der Waals surface area contributed by atoms with Gasteiger partial charge in [-0.1, -0.05) is 30.3 Å². The van der Waals surface area contributed by atoms with Crippen LogP contribution in [-0.2, 0) is 6.42 Å². The molecule has 1 aliphatic rings. The number of aliphatic imine (C=N–C) groups is 1. The van der Waals surface area contributed by atoms with E-state index in [0.29, 0.717) is 12.2 Å². The third-order valence-electron chi connectivity index (χ3n) is 5.42. The average molecular weight is 551 g/mol. The summed E-state index contributed by atoms with van der Waals surface area (Å²) in [6, 6.07) is 17.7. The van der Waals surface area contributed by atoms with E-state index >= 15 is 0 Å². The minimum atomic E-state index is -0.0577. The molecule has 1 aliphatic heterocycles. The number of rotatable bonds is 8. The second kappa shape index (κ2) is 13.9. The second-order valence-electron chi connectivity index (χ2n) is 7.49. The molecule has 0 spiro atoms. The lowest BCUT2D eigenvalue weighted by Gasteiger charge is -2.36. The molecule has 0 bridgehead atoms. The van der Waals surface area contributed by atoms with Crippen molar-refractivity contribution in [3.63, 3.8) is 0 Å². The largest absolute Gasteiger partial charge is 0.492 e. The van der Waals surface area contributed by atoms with Crippen molar-refractivity contribution in [3.05, 3.63) is 65.7 Å². The summed E-state index contributed by atoms with van der Waals surface area (Å²) in [6.45, 7) is 6.27. The third kappa shape index (κ3) is 7.98. The molecule has 7 nitrogen and oxygen atoms in total. The molecule has 1 amide bonds. The van der Waals surface area contributed by atoms with Gasteiger partial charge in [0.2, 0.25) is 0 Å². The Balaban J connectivity index is 0.00000363. The molecule has 1 fully saturated rings. The Labute approximate surface area is 208 Å². The second-order valence-corrected chi connectivity index (χ2v) is 7.49. The minimum absolute atomic E-state index is 0. The van der Waals surface area contributed by atoms with Gasteiger partial charge in [-0.25, -0.2) is 0 Å². The number of carbonyl (C=O) groups is 1. The maximum Gasteiger partial charge on any atom is 0.251 e. The molecule has 2 N–H and O–H groups in total. The number of nitrogens with one attached hydrogen (secondary N) is 2. The van der Waals surface area contributed by atoms with Crippen molar-refractivity contribution < 1.29 is 9.53 Å². The van der Waals surface area contributed by atoms with Crippen molar-refractivity contribution in [2.45, 2.75) is 6.42 Å². The molecular formula is C24H34IN5O2. The van der Waals surface area contributed by atoms with Crippen molar-refractivity contribution in [1.29, 1.82) is 0 Å². The Morgan fingerprint density at radius 2 is 1.81 bits per heavy atom. The molecule has 0 aliphatic carbocycles. The first-order chi connectivity index (χ1) is 15.2. The predicted molar refractivity (Wildman–Crippen MR) is 140 cm³/mol. The average Bonchev–Trinajstić information content (AvgIpc) is 2.83. The highest BCUT2D eigenvalue weighted by Gasteiger charge is 2.19. The van der Waals surface area contributed by atoms with E-state index in [1.54, 1.807) is 7.05 Å². The Bertz CT molecular complexity index is 854. The Morgan fingerprint density at radius 3 is 2.50 bits per heavy atom. The first-order valence-electron chi connectivity index (χ1n) is 10.9. The minimum Gasteiger partial charge on any atom is -0.492 e. The van der Waals surface area contributed by atoms with Crippen molar-refractivity contribution in [3.8, 4) is 5.75 Å². The quantitative estimate of drug-likeness (QED) is 0.300. The van der Waals surface area contributed by atoms with Crippen molar-refractivity contribution in [2.75, 3.05) is 60.0 Å². The van der Waals surface area contributed by atoms with Gasteiger partial charge < -0.3 is 20.3 Å². The molecule has 1 saturated heterocycles. The summed E-state index contributed by atoms with van der Waals surface area (Å²) in [6.07, 6.45) is 0.834. The van der Waals surface area contributed by atoms with E-state index in [2.05, 4.69) is 25.4 Å². The summed E-state index contributed by atoms with van der Waals surface area (Å²) in [4.78, 5) is 21.0. The van der Waals surface area contributed by atoms with Crippen molar-refractivity contribution in [2.24, 2.45) is 4.99 Å². The first kappa shape index (κ1) is 25.9. The number of para-hydroxylation sites is 1. The van der Waals surface area contributed by atoms with Gasteiger partial charge in [-0.15, -0.1) is 24.0 Å². The number of ether oxygens (including phenoxy) is 1. The predicted octanol–water partition coefficient (Wildman–Crippen LogP) is 2.48. The molecule has 0 radical (unpaired) electrons. The smallest absolute Gasteiger partial charge is 0.251 e. The molecule has 32 heavy (non-hydrogen) atoms. The lowest BCUT2D eigenvalue weighted by Crippen LogP contribution is -2.53. The molecule has 3 rings (SSSR count). The fourth-order valence-corrected chi connectivity index (χ4v) is 3.66. The summed E-state index contributed by atoms with van der Waals surface area (Å²) in [5.41, 5.74) is 1.82. The lowest BCUT2D eigenvalue weighted by atomic mass is 10.1. The Morgan fingerprint density at radius 1 is 1.06 bits per heavy atom. The topological polar surface area (TPSA) is 69.2 Å². The number of piperazine rings is 1. The van der Waals surface area contributed by atoms with Gasteiger partial charge in [0.05, 0.1) is 0 Å². The summed E-state index contributed by atoms with van der Waals surface area (Å²) in [7, 11) is 3.48. The molecule has 2 aromatic rings. The number of hydrogen-bond donors (Lipinski definition) is 2. The van der Waals surface area contributed by atoms with Crippen LogP contribution in [0, 0.1) is 0 Å². The zero-order valence-corrected chi connectivity index (χ0v) is 21.2. The van der Waals surface area contributed by atoms with Crippen LogP contribution in [0.5, 0.6) is 5.75 Å². The van der Waals surface area contributed by atoms with Gasteiger partial charge in [-0.2, -0.15) is 0 Å². The van der Waals surface area contributed by atoms with Crippen LogP contribution < -0.4 is 15.4 Å². The monoisotopic (exact) mass is 551 g/mol. The number of guanidine groups is 1. The molecule has 0 unspecified atom stereocenters. The summed E-state index contributed by atoms with van der Waals surface area (Å²) in [5, 5.41) is 6.13. The van der Waals surface area contributed by atoms with Gasteiger partial charge in [0.25, 0.3) is 5.91 Å². The van der Waals surface area contributed by atoms with Crippen LogP contribution in [0.4, 0.5) is 0 Å². The molecule has 1 heterocycles. The first-order valence-corrected chi connectivity index (χ1v) is 10.9. The highest BCUT2D eigenvalue weighted by molar-refractivity contribution is 14.0. The number of benzene rings is 2. The van der Waals surface area contributed by atoms with E-state index in [4.69, 9.17) is 4.74 Å². The Hall–Kier alpha value is -2.33. The van der Waals surface area contributed by atoms with Gasteiger partial charge >= 0.3 is 0 Å². The van der Waals surface area contributed by atoms with Gasteiger partial charge in [-0.3, -0.25) is 14.7 Å². The molecule has 8 heteroatoms. The normalized spacial score (nSPS) is 14.4. The fourth-order valence-electron chi connectivity index (χ4n) is 3.66. The lowest BCUT2D eigenvalue weighted by molar-refractivity contribution is 0.0963.